The highest BCUT2D eigenvalue weighted by molar-refractivity contribution is 6.35. The molecule has 4 rings (SSSR count). The van der Waals surface area contributed by atoms with Crippen LogP contribution in [0.25, 0.3) is 11.0 Å². The molecule has 0 aliphatic carbocycles. The molecule has 0 aromatic carbocycles. The van der Waals surface area contributed by atoms with Crippen LogP contribution in [-0.4, -0.2) is 49.4 Å². The summed E-state index contributed by atoms with van der Waals surface area (Å²) in [4.78, 5) is 11.2. The van der Waals surface area contributed by atoms with Gasteiger partial charge in [-0.2, -0.15) is 10.1 Å². The van der Waals surface area contributed by atoms with Gasteiger partial charge in [0.05, 0.1) is 28.3 Å². The average molecular weight is 380 g/mol. The van der Waals surface area contributed by atoms with E-state index in [4.69, 9.17) is 23.2 Å². The van der Waals surface area contributed by atoms with Crippen molar-refractivity contribution in [3.8, 4) is 0 Å². The summed E-state index contributed by atoms with van der Waals surface area (Å²) >= 11 is 12.5. The third-order valence-corrected chi connectivity index (χ3v) is 5.24. The Bertz CT molecular complexity index is 909. The zero-order valence-electron chi connectivity index (χ0n) is 14.1. The number of nitrogens with one attached hydrogen (secondary N) is 1. The zero-order chi connectivity index (χ0) is 17.6. The van der Waals surface area contributed by atoms with Crippen molar-refractivity contribution in [1.82, 2.24) is 29.2 Å². The fourth-order valence-electron chi connectivity index (χ4n) is 3.19. The topological polar surface area (TPSA) is 63.8 Å². The number of aryl methyl sites for hydroxylation is 1. The second kappa shape index (κ2) is 6.48. The van der Waals surface area contributed by atoms with Crippen molar-refractivity contribution in [3.63, 3.8) is 0 Å². The second-order valence-electron chi connectivity index (χ2n) is 6.49. The Morgan fingerprint density at radius 1 is 1.16 bits per heavy atom. The van der Waals surface area contributed by atoms with E-state index in [0.717, 1.165) is 37.0 Å². The molecule has 0 atom stereocenters. The fourth-order valence-corrected chi connectivity index (χ4v) is 3.65. The van der Waals surface area contributed by atoms with Crippen LogP contribution in [0, 0.1) is 0 Å². The van der Waals surface area contributed by atoms with Crippen molar-refractivity contribution < 1.29 is 0 Å². The van der Waals surface area contributed by atoms with Crippen LogP contribution in [0.3, 0.4) is 0 Å². The number of hydrogen-bond donors (Lipinski definition) is 1. The summed E-state index contributed by atoms with van der Waals surface area (Å²) in [5.74, 6) is 0.468. The van der Waals surface area contributed by atoms with Crippen molar-refractivity contribution in [3.05, 3.63) is 28.8 Å². The van der Waals surface area contributed by atoms with Crippen LogP contribution in [0.5, 0.6) is 0 Å². The predicted molar refractivity (Wildman–Crippen MR) is 99.8 cm³/mol. The highest BCUT2D eigenvalue weighted by Gasteiger charge is 2.21. The number of fused-ring (bicyclic) bond motifs is 1. The van der Waals surface area contributed by atoms with Gasteiger partial charge in [0.2, 0.25) is 5.95 Å². The molecule has 1 saturated heterocycles. The molecule has 4 heterocycles. The Morgan fingerprint density at radius 3 is 2.68 bits per heavy atom. The van der Waals surface area contributed by atoms with E-state index in [0.29, 0.717) is 27.9 Å². The minimum absolute atomic E-state index is 0.374. The molecular formula is C16H19Cl2N7. The van der Waals surface area contributed by atoms with Gasteiger partial charge in [-0.15, -0.1) is 0 Å². The second-order valence-corrected chi connectivity index (χ2v) is 7.26. The van der Waals surface area contributed by atoms with E-state index < -0.39 is 0 Å². The molecule has 0 unspecified atom stereocenters. The van der Waals surface area contributed by atoms with E-state index >= 15 is 0 Å². The van der Waals surface area contributed by atoms with E-state index in [2.05, 4.69) is 32.3 Å². The smallest absolute Gasteiger partial charge is 0.229 e. The molecule has 25 heavy (non-hydrogen) atoms. The summed E-state index contributed by atoms with van der Waals surface area (Å²) in [7, 11) is 4.04. The van der Waals surface area contributed by atoms with Gasteiger partial charge in [-0.25, -0.2) is 4.98 Å². The van der Waals surface area contributed by atoms with Gasteiger partial charge >= 0.3 is 0 Å². The SMILES string of the molecule is CN1CCC(n2cc(Nc3ncc4c(Cl)cn(C)c4n3)c(Cl)n2)CC1. The maximum absolute atomic E-state index is 6.31. The number of halogens is 2. The van der Waals surface area contributed by atoms with Crippen LogP contribution in [0.4, 0.5) is 11.6 Å². The number of likely N-dealkylation sites (tertiary alicyclic amines) is 1. The predicted octanol–water partition coefficient (Wildman–Crippen LogP) is 3.48. The van der Waals surface area contributed by atoms with Crippen molar-refractivity contribution in [1.29, 1.82) is 0 Å². The number of anilines is 2. The quantitative estimate of drug-likeness (QED) is 0.754. The Hall–Kier alpha value is -1.83. The van der Waals surface area contributed by atoms with Crippen molar-refractivity contribution in [2.24, 2.45) is 7.05 Å². The van der Waals surface area contributed by atoms with Gasteiger partial charge in [0.25, 0.3) is 0 Å². The number of rotatable bonds is 3. The molecule has 3 aromatic heterocycles. The fraction of sp³-hybridized carbons (Fsp3) is 0.438. The number of nitrogens with zero attached hydrogens (tertiary/aromatic N) is 6. The third kappa shape index (κ3) is 3.19. The minimum Gasteiger partial charge on any atom is -0.334 e. The Morgan fingerprint density at radius 2 is 1.92 bits per heavy atom. The summed E-state index contributed by atoms with van der Waals surface area (Å²) in [6.45, 7) is 2.14. The molecule has 0 bridgehead atoms. The van der Waals surface area contributed by atoms with E-state index in [1.165, 1.54) is 0 Å². The molecule has 0 radical (unpaired) electrons. The largest absolute Gasteiger partial charge is 0.334 e. The summed E-state index contributed by atoms with van der Waals surface area (Å²) in [6, 6.07) is 0.374. The first-order chi connectivity index (χ1) is 12.0. The third-order valence-electron chi connectivity index (χ3n) is 4.66. The van der Waals surface area contributed by atoms with Crippen LogP contribution in [0.1, 0.15) is 18.9 Å². The van der Waals surface area contributed by atoms with Crippen molar-refractivity contribution >= 4 is 45.9 Å². The molecule has 3 aromatic rings. The number of aromatic nitrogens is 5. The summed E-state index contributed by atoms with van der Waals surface area (Å²) in [6.07, 6.45) is 7.60. The molecule has 132 valence electrons. The molecule has 1 aliphatic heterocycles. The number of piperidine rings is 1. The first-order valence-corrected chi connectivity index (χ1v) is 8.94. The van der Waals surface area contributed by atoms with Gasteiger partial charge in [0, 0.05) is 19.4 Å². The Balaban J connectivity index is 1.57. The Kier molecular flexibility index (Phi) is 4.31. The van der Waals surface area contributed by atoms with E-state index in [1.54, 1.807) is 6.20 Å². The highest BCUT2D eigenvalue weighted by Crippen LogP contribution is 2.29. The first-order valence-electron chi connectivity index (χ1n) is 8.19. The van der Waals surface area contributed by atoms with E-state index in [9.17, 15) is 0 Å². The zero-order valence-corrected chi connectivity index (χ0v) is 15.6. The van der Waals surface area contributed by atoms with Gasteiger partial charge in [-0.05, 0) is 33.0 Å². The van der Waals surface area contributed by atoms with Crippen molar-refractivity contribution in [2.45, 2.75) is 18.9 Å². The van der Waals surface area contributed by atoms with Crippen LogP contribution in [0.2, 0.25) is 10.2 Å². The first kappa shape index (κ1) is 16.6. The monoisotopic (exact) mass is 379 g/mol. The molecule has 1 N–H and O–H groups in total. The standard InChI is InChI=1S/C16H19Cl2N7/c1-23-5-3-10(4-6-23)25-9-13(14(18)22-25)20-16-19-7-11-12(17)8-24(2)15(11)21-16/h7-10H,3-6H2,1-2H3,(H,19,20,21). The lowest BCUT2D eigenvalue weighted by molar-refractivity contribution is 0.212. The van der Waals surface area contributed by atoms with Gasteiger partial charge in [0.1, 0.15) is 5.65 Å². The van der Waals surface area contributed by atoms with Crippen LogP contribution >= 0.6 is 23.2 Å². The summed E-state index contributed by atoms with van der Waals surface area (Å²) in [5.41, 5.74) is 1.47. The minimum atomic E-state index is 0.374. The average Bonchev–Trinajstić information content (AvgIpc) is 3.09. The molecule has 7 nitrogen and oxygen atoms in total. The van der Waals surface area contributed by atoms with Crippen LogP contribution < -0.4 is 5.32 Å². The Labute approximate surface area is 155 Å². The van der Waals surface area contributed by atoms with Crippen LogP contribution in [0.15, 0.2) is 18.6 Å². The van der Waals surface area contributed by atoms with E-state index in [-0.39, 0.29) is 0 Å². The van der Waals surface area contributed by atoms with Crippen molar-refractivity contribution in [2.75, 3.05) is 25.5 Å². The maximum atomic E-state index is 6.31. The molecule has 0 amide bonds. The molecule has 1 fully saturated rings. The summed E-state index contributed by atoms with van der Waals surface area (Å²) < 4.78 is 3.82. The summed E-state index contributed by atoms with van der Waals surface area (Å²) in [5, 5.41) is 9.51. The number of hydrogen-bond acceptors (Lipinski definition) is 5. The maximum Gasteiger partial charge on any atom is 0.229 e. The molecular weight excluding hydrogens is 361 g/mol. The van der Waals surface area contributed by atoms with Gasteiger partial charge in [-0.1, -0.05) is 23.2 Å². The lowest BCUT2D eigenvalue weighted by Crippen LogP contribution is -2.31. The molecule has 0 saturated carbocycles. The lowest BCUT2D eigenvalue weighted by Gasteiger charge is -2.28. The van der Waals surface area contributed by atoms with Crippen LogP contribution in [-0.2, 0) is 7.05 Å². The lowest BCUT2D eigenvalue weighted by atomic mass is 10.1. The van der Waals surface area contributed by atoms with Gasteiger partial charge in [0.15, 0.2) is 5.15 Å². The highest BCUT2D eigenvalue weighted by atomic mass is 35.5. The molecule has 0 spiro atoms. The van der Waals surface area contributed by atoms with E-state index in [1.807, 2.05) is 28.7 Å². The molecule has 9 heteroatoms. The molecule has 1 aliphatic rings. The van der Waals surface area contributed by atoms with Gasteiger partial charge < -0.3 is 14.8 Å². The normalized spacial score (nSPS) is 16.6. The van der Waals surface area contributed by atoms with Gasteiger partial charge in [-0.3, -0.25) is 4.68 Å².